The van der Waals surface area contributed by atoms with Crippen molar-refractivity contribution in [3.05, 3.63) is 23.8 Å². The van der Waals surface area contributed by atoms with Crippen molar-refractivity contribution in [2.24, 2.45) is 0 Å². The van der Waals surface area contributed by atoms with E-state index in [0.717, 1.165) is 0 Å². The molecule has 0 aliphatic rings. The van der Waals surface area contributed by atoms with Gasteiger partial charge in [0.2, 0.25) is 0 Å². The Labute approximate surface area is 106 Å². The molecule has 1 aromatic rings. The summed E-state index contributed by atoms with van der Waals surface area (Å²) in [6.07, 6.45) is -0.734. The van der Waals surface area contributed by atoms with E-state index in [2.05, 4.69) is 5.32 Å². The molecule has 0 spiro atoms. The predicted molar refractivity (Wildman–Crippen MR) is 67.6 cm³/mol. The second kappa shape index (κ2) is 6.83. The third kappa shape index (κ3) is 4.23. The number of nitrogen functional groups attached to an aromatic ring is 1. The molecule has 0 aliphatic carbocycles. The number of hydrogen-bond acceptors (Lipinski definition) is 5. The highest BCUT2D eigenvalue weighted by Crippen LogP contribution is 2.18. The molecular formula is C12H18N2O4. The summed E-state index contributed by atoms with van der Waals surface area (Å²) in [5, 5.41) is 12.0. The molecule has 0 bridgehead atoms. The largest absolute Gasteiger partial charge is 0.497 e. The molecule has 0 fully saturated rings. The van der Waals surface area contributed by atoms with Crippen LogP contribution in [0.25, 0.3) is 0 Å². The molecule has 1 unspecified atom stereocenters. The van der Waals surface area contributed by atoms with Crippen molar-refractivity contribution in [3.8, 4) is 5.75 Å². The number of benzene rings is 1. The van der Waals surface area contributed by atoms with E-state index in [9.17, 15) is 9.90 Å². The molecule has 1 aromatic carbocycles. The third-order valence-electron chi connectivity index (χ3n) is 2.28. The second-order valence-corrected chi connectivity index (χ2v) is 3.81. The van der Waals surface area contributed by atoms with Gasteiger partial charge in [-0.25, -0.2) is 0 Å². The molecule has 1 amide bonds. The summed E-state index contributed by atoms with van der Waals surface area (Å²) < 4.78 is 9.78. The first-order valence-electron chi connectivity index (χ1n) is 5.46. The summed E-state index contributed by atoms with van der Waals surface area (Å²) in [5.74, 6) is 0.188. The van der Waals surface area contributed by atoms with Crippen LogP contribution in [0, 0.1) is 0 Å². The smallest absolute Gasteiger partial charge is 0.251 e. The van der Waals surface area contributed by atoms with Crippen LogP contribution in [0.2, 0.25) is 0 Å². The maximum absolute atomic E-state index is 11.8. The molecule has 0 saturated heterocycles. The molecule has 1 atom stereocenters. The van der Waals surface area contributed by atoms with Crippen molar-refractivity contribution in [3.63, 3.8) is 0 Å². The van der Waals surface area contributed by atoms with Gasteiger partial charge in [-0.05, 0) is 12.1 Å². The molecular weight excluding hydrogens is 236 g/mol. The minimum Gasteiger partial charge on any atom is -0.497 e. The SMILES string of the molecule is COCC(O)CNC(=O)c1cc(N)cc(OC)c1. The molecule has 0 heterocycles. The first-order valence-corrected chi connectivity index (χ1v) is 5.46. The van der Waals surface area contributed by atoms with Gasteiger partial charge in [-0.2, -0.15) is 0 Å². The summed E-state index contributed by atoms with van der Waals surface area (Å²) >= 11 is 0. The number of amides is 1. The molecule has 0 saturated carbocycles. The van der Waals surface area contributed by atoms with Crippen LogP contribution in [-0.4, -0.2) is 44.5 Å². The molecule has 4 N–H and O–H groups in total. The van der Waals surface area contributed by atoms with Gasteiger partial charge in [-0.1, -0.05) is 0 Å². The van der Waals surface area contributed by atoms with Crippen LogP contribution >= 0.6 is 0 Å². The summed E-state index contributed by atoms with van der Waals surface area (Å²) in [6, 6.07) is 4.74. The number of carbonyl (C=O) groups is 1. The quantitative estimate of drug-likeness (QED) is 0.622. The van der Waals surface area contributed by atoms with Gasteiger partial charge >= 0.3 is 0 Å². The average molecular weight is 254 g/mol. The fraction of sp³-hybridized carbons (Fsp3) is 0.417. The van der Waals surface area contributed by atoms with E-state index in [1.54, 1.807) is 18.2 Å². The van der Waals surface area contributed by atoms with Gasteiger partial charge in [-0.15, -0.1) is 0 Å². The number of carbonyl (C=O) groups excluding carboxylic acids is 1. The van der Waals surface area contributed by atoms with E-state index in [0.29, 0.717) is 17.0 Å². The van der Waals surface area contributed by atoms with Crippen LogP contribution < -0.4 is 15.8 Å². The standard InChI is InChI=1S/C12H18N2O4/c1-17-7-10(15)6-14-12(16)8-3-9(13)5-11(4-8)18-2/h3-5,10,15H,6-7,13H2,1-2H3,(H,14,16). The van der Waals surface area contributed by atoms with Gasteiger partial charge in [0.15, 0.2) is 0 Å². The zero-order valence-electron chi connectivity index (χ0n) is 10.5. The number of aliphatic hydroxyl groups is 1. The number of nitrogens with one attached hydrogen (secondary N) is 1. The molecule has 1 rings (SSSR count). The molecule has 0 aromatic heterocycles. The minimum absolute atomic E-state index is 0.115. The fourth-order valence-corrected chi connectivity index (χ4v) is 1.43. The van der Waals surface area contributed by atoms with E-state index in [4.69, 9.17) is 15.2 Å². The lowest BCUT2D eigenvalue weighted by Gasteiger charge is -2.11. The van der Waals surface area contributed by atoms with Gasteiger partial charge < -0.3 is 25.6 Å². The van der Waals surface area contributed by atoms with E-state index < -0.39 is 6.10 Å². The Kier molecular flexibility index (Phi) is 5.41. The first kappa shape index (κ1) is 14.3. The predicted octanol–water partition coefficient (Wildman–Crippen LogP) is 0.0145. The van der Waals surface area contributed by atoms with E-state index in [-0.39, 0.29) is 19.1 Å². The zero-order chi connectivity index (χ0) is 13.5. The summed E-state index contributed by atoms with van der Waals surface area (Å²) in [6.45, 7) is 0.282. The third-order valence-corrected chi connectivity index (χ3v) is 2.28. The Morgan fingerprint density at radius 3 is 2.78 bits per heavy atom. The lowest BCUT2D eigenvalue weighted by molar-refractivity contribution is 0.0610. The summed E-state index contributed by atoms with van der Waals surface area (Å²) in [7, 11) is 2.98. The van der Waals surface area contributed by atoms with Gasteiger partial charge in [0.25, 0.3) is 5.91 Å². The zero-order valence-corrected chi connectivity index (χ0v) is 10.5. The second-order valence-electron chi connectivity index (χ2n) is 3.81. The molecule has 0 radical (unpaired) electrons. The molecule has 0 aliphatic heterocycles. The van der Waals surface area contributed by atoms with Crippen molar-refractivity contribution in [2.75, 3.05) is 33.1 Å². The van der Waals surface area contributed by atoms with Gasteiger partial charge in [-0.3, -0.25) is 4.79 Å². The Bertz CT molecular complexity index is 409. The van der Waals surface area contributed by atoms with Crippen molar-refractivity contribution in [2.45, 2.75) is 6.10 Å². The van der Waals surface area contributed by atoms with Crippen molar-refractivity contribution in [1.82, 2.24) is 5.32 Å². The van der Waals surface area contributed by atoms with E-state index in [1.165, 1.54) is 14.2 Å². The maximum atomic E-state index is 11.8. The highest BCUT2D eigenvalue weighted by Gasteiger charge is 2.10. The molecule has 6 heteroatoms. The number of aliphatic hydroxyl groups excluding tert-OH is 1. The monoisotopic (exact) mass is 254 g/mol. The van der Waals surface area contributed by atoms with Crippen LogP contribution in [0.15, 0.2) is 18.2 Å². The lowest BCUT2D eigenvalue weighted by Crippen LogP contribution is -2.34. The van der Waals surface area contributed by atoms with Gasteiger partial charge in [0.05, 0.1) is 19.8 Å². The van der Waals surface area contributed by atoms with Gasteiger partial charge in [0.1, 0.15) is 5.75 Å². The lowest BCUT2D eigenvalue weighted by atomic mass is 10.1. The Balaban J connectivity index is 2.63. The van der Waals surface area contributed by atoms with Crippen LogP contribution in [-0.2, 0) is 4.74 Å². The Morgan fingerprint density at radius 1 is 1.44 bits per heavy atom. The van der Waals surface area contributed by atoms with Crippen molar-refractivity contribution < 1.29 is 19.4 Å². The Hall–Kier alpha value is -1.79. The fourth-order valence-electron chi connectivity index (χ4n) is 1.43. The summed E-state index contributed by atoms with van der Waals surface area (Å²) in [5.41, 5.74) is 6.47. The average Bonchev–Trinajstić information content (AvgIpc) is 2.35. The molecule has 18 heavy (non-hydrogen) atoms. The van der Waals surface area contributed by atoms with Crippen LogP contribution in [0.4, 0.5) is 5.69 Å². The number of hydrogen-bond donors (Lipinski definition) is 3. The number of nitrogens with two attached hydrogens (primary N) is 1. The van der Waals surface area contributed by atoms with Crippen LogP contribution in [0.1, 0.15) is 10.4 Å². The number of methoxy groups -OCH3 is 2. The van der Waals surface area contributed by atoms with E-state index in [1.807, 2.05) is 0 Å². The highest BCUT2D eigenvalue weighted by atomic mass is 16.5. The topological polar surface area (TPSA) is 93.8 Å². The summed E-state index contributed by atoms with van der Waals surface area (Å²) in [4.78, 5) is 11.8. The van der Waals surface area contributed by atoms with E-state index >= 15 is 0 Å². The maximum Gasteiger partial charge on any atom is 0.251 e. The van der Waals surface area contributed by atoms with Crippen molar-refractivity contribution >= 4 is 11.6 Å². The normalized spacial score (nSPS) is 11.9. The minimum atomic E-state index is -0.734. The highest BCUT2D eigenvalue weighted by molar-refractivity contribution is 5.95. The molecule has 6 nitrogen and oxygen atoms in total. The first-order chi connectivity index (χ1) is 8.56. The van der Waals surface area contributed by atoms with Crippen molar-refractivity contribution in [1.29, 1.82) is 0 Å². The number of ether oxygens (including phenoxy) is 2. The van der Waals surface area contributed by atoms with Gasteiger partial charge in [0, 0.05) is 31.0 Å². The van der Waals surface area contributed by atoms with Crippen LogP contribution in [0.3, 0.4) is 0 Å². The number of anilines is 1. The van der Waals surface area contributed by atoms with Crippen LogP contribution in [0.5, 0.6) is 5.75 Å². The Morgan fingerprint density at radius 2 is 2.17 bits per heavy atom. The molecule has 100 valence electrons. The number of rotatable bonds is 6.